The molecule has 0 aliphatic rings. The van der Waals surface area contributed by atoms with Gasteiger partial charge >= 0.3 is 5.97 Å². The van der Waals surface area contributed by atoms with E-state index in [1.807, 2.05) is 6.07 Å². The first-order valence-corrected chi connectivity index (χ1v) is 4.19. The summed E-state index contributed by atoms with van der Waals surface area (Å²) in [5, 5.41) is 9.37. The van der Waals surface area contributed by atoms with Gasteiger partial charge in [0.15, 0.2) is 0 Å². The van der Waals surface area contributed by atoms with Crippen LogP contribution in [0.2, 0.25) is 0 Å². The Bertz CT molecular complexity index is 367. The summed E-state index contributed by atoms with van der Waals surface area (Å²) in [6.45, 7) is 1.78. The fourth-order valence-electron chi connectivity index (χ4n) is 1.05. The van der Waals surface area contributed by atoms with Crippen LogP contribution in [0.5, 0.6) is 5.75 Å². The van der Waals surface area contributed by atoms with Gasteiger partial charge in [0.25, 0.3) is 0 Å². The number of phenols is 1. The number of rotatable bonds is 2. The minimum atomic E-state index is -0.409. The van der Waals surface area contributed by atoms with Crippen molar-refractivity contribution in [1.82, 2.24) is 0 Å². The largest absolute Gasteiger partial charge is 0.508 e. The fourth-order valence-corrected chi connectivity index (χ4v) is 1.05. The van der Waals surface area contributed by atoms with Gasteiger partial charge in [0.2, 0.25) is 0 Å². The Morgan fingerprint density at radius 3 is 2.86 bits per heavy atom. The van der Waals surface area contributed by atoms with Crippen molar-refractivity contribution in [3.8, 4) is 5.75 Å². The van der Waals surface area contributed by atoms with Crippen LogP contribution in [-0.2, 0) is 9.53 Å². The highest BCUT2D eigenvalue weighted by atomic mass is 16.5. The minimum absolute atomic E-state index is 0.219. The molecule has 0 heterocycles. The van der Waals surface area contributed by atoms with Crippen molar-refractivity contribution in [2.75, 3.05) is 7.11 Å². The highest BCUT2D eigenvalue weighted by Gasteiger charge is 1.99. The SMILES string of the molecule is COC(=O)/C=C/c1cccc(O)c1C. The standard InChI is InChI=1S/C11H12O3/c1-8-9(4-3-5-10(8)12)6-7-11(13)14-2/h3-7,12H,1-2H3/b7-6+. The Balaban J connectivity index is 2.92. The number of phenolic OH excluding ortho intramolecular Hbond substituents is 1. The van der Waals surface area contributed by atoms with Crippen LogP contribution in [0.1, 0.15) is 11.1 Å². The van der Waals surface area contributed by atoms with E-state index in [4.69, 9.17) is 0 Å². The minimum Gasteiger partial charge on any atom is -0.508 e. The van der Waals surface area contributed by atoms with Gasteiger partial charge in [-0.1, -0.05) is 12.1 Å². The zero-order valence-corrected chi connectivity index (χ0v) is 8.15. The van der Waals surface area contributed by atoms with E-state index in [1.165, 1.54) is 13.2 Å². The predicted molar refractivity (Wildman–Crippen MR) is 53.9 cm³/mol. The van der Waals surface area contributed by atoms with Crippen LogP contribution in [0.3, 0.4) is 0 Å². The van der Waals surface area contributed by atoms with E-state index in [2.05, 4.69) is 4.74 Å². The van der Waals surface area contributed by atoms with E-state index in [-0.39, 0.29) is 5.75 Å². The van der Waals surface area contributed by atoms with Gasteiger partial charge in [-0.05, 0) is 30.2 Å². The smallest absolute Gasteiger partial charge is 0.330 e. The molecule has 0 atom stereocenters. The molecule has 0 radical (unpaired) electrons. The quantitative estimate of drug-likeness (QED) is 0.575. The van der Waals surface area contributed by atoms with Crippen LogP contribution >= 0.6 is 0 Å². The van der Waals surface area contributed by atoms with Crippen molar-refractivity contribution in [1.29, 1.82) is 0 Å². The van der Waals surface area contributed by atoms with Crippen LogP contribution in [0.4, 0.5) is 0 Å². The van der Waals surface area contributed by atoms with Crippen LogP contribution in [0, 0.1) is 6.92 Å². The van der Waals surface area contributed by atoms with Gasteiger partial charge < -0.3 is 9.84 Å². The van der Waals surface area contributed by atoms with Gasteiger partial charge in [0, 0.05) is 6.08 Å². The number of carbonyl (C=O) groups is 1. The number of carbonyl (C=O) groups excluding carboxylic acids is 1. The summed E-state index contributed by atoms with van der Waals surface area (Å²) in [5.41, 5.74) is 1.54. The normalized spacial score (nSPS) is 10.4. The van der Waals surface area contributed by atoms with Gasteiger partial charge in [-0.3, -0.25) is 0 Å². The molecule has 0 aliphatic carbocycles. The lowest BCUT2D eigenvalue weighted by Gasteiger charge is -2.01. The number of hydrogen-bond donors (Lipinski definition) is 1. The highest BCUT2D eigenvalue weighted by Crippen LogP contribution is 2.20. The monoisotopic (exact) mass is 192 g/mol. The molecular formula is C11H12O3. The molecule has 74 valence electrons. The molecule has 0 aliphatic heterocycles. The van der Waals surface area contributed by atoms with Gasteiger partial charge in [-0.25, -0.2) is 4.79 Å². The maximum absolute atomic E-state index is 10.8. The first-order chi connectivity index (χ1) is 6.65. The maximum Gasteiger partial charge on any atom is 0.330 e. The second-order valence-electron chi connectivity index (χ2n) is 2.85. The summed E-state index contributed by atoms with van der Waals surface area (Å²) in [7, 11) is 1.32. The lowest BCUT2D eigenvalue weighted by atomic mass is 10.1. The number of hydrogen-bond acceptors (Lipinski definition) is 3. The number of benzene rings is 1. The van der Waals surface area contributed by atoms with E-state index < -0.39 is 5.97 Å². The molecule has 0 spiro atoms. The van der Waals surface area contributed by atoms with Crippen molar-refractivity contribution in [2.45, 2.75) is 6.92 Å². The molecule has 0 saturated heterocycles. The molecule has 1 rings (SSSR count). The average molecular weight is 192 g/mol. The van der Waals surface area contributed by atoms with E-state index in [9.17, 15) is 9.90 Å². The average Bonchev–Trinajstić information content (AvgIpc) is 2.20. The van der Waals surface area contributed by atoms with Gasteiger partial charge in [-0.2, -0.15) is 0 Å². The number of esters is 1. The van der Waals surface area contributed by atoms with Crippen LogP contribution in [-0.4, -0.2) is 18.2 Å². The molecule has 0 saturated carbocycles. The number of ether oxygens (including phenoxy) is 1. The van der Waals surface area contributed by atoms with E-state index in [0.717, 1.165) is 11.1 Å². The van der Waals surface area contributed by atoms with Gasteiger partial charge in [-0.15, -0.1) is 0 Å². The zero-order valence-electron chi connectivity index (χ0n) is 8.15. The maximum atomic E-state index is 10.8. The molecule has 1 aromatic rings. The molecule has 0 aromatic heterocycles. The van der Waals surface area contributed by atoms with Gasteiger partial charge in [0.1, 0.15) is 5.75 Å². The molecule has 3 heteroatoms. The predicted octanol–water partition coefficient (Wildman–Crippen LogP) is 1.89. The van der Waals surface area contributed by atoms with Crippen molar-refractivity contribution in [3.05, 3.63) is 35.4 Å². The van der Waals surface area contributed by atoms with Gasteiger partial charge in [0.05, 0.1) is 7.11 Å². The molecule has 0 unspecified atom stereocenters. The summed E-state index contributed by atoms with van der Waals surface area (Å²) < 4.78 is 4.45. The summed E-state index contributed by atoms with van der Waals surface area (Å²) in [6.07, 6.45) is 2.93. The van der Waals surface area contributed by atoms with E-state index in [0.29, 0.717) is 0 Å². The Hall–Kier alpha value is -1.77. The zero-order chi connectivity index (χ0) is 10.6. The molecule has 0 bridgehead atoms. The Morgan fingerprint density at radius 1 is 1.50 bits per heavy atom. The topological polar surface area (TPSA) is 46.5 Å². The number of aromatic hydroxyl groups is 1. The highest BCUT2D eigenvalue weighted by molar-refractivity contribution is 5.87. The van der Waals surface area contributed by atoms with E-state index in [1.54, 1.807) is 25.1 Å². The third-order valence-corrected chi connectivity index (χ3v) is 1.95. The van der Waals surface area contributed by atoms with Crippen LogP contribution in [0.25, 0.3) is 6.08 Å². The van der Waals surface area contributed by atoms with Crippen molar-refractivity contribution in [3.63, 3.8) is 0 Å². The lowest BCUT2D eigenvalue weighted by Crippen LogP contribution is -1.93. The summed E-state index contributed by atoms with van der Waals surface area (Å²) in [5.74, 6) is -0.190. The first-order valence-electron chi connectivity index (χ1n) is 4.19. The summed E-state index contributed by atoms with van der Waals surface area (Å²) in [4.78, 5) is 10.8. The molecule has 14 heavy (non-hydrogen) atoms. The molecule has 1 N–H and O–H groups in total. The second kappa shape index (κ2) is 4.46. The van der Waals surface area contributed by atoms with Crippen molar-refractivity contribution in [2.24, 2.45) is 0 Å². The molecule has 1 aromatic carbocycles. The Labute approximate surface area is 82.6 Å². The van der Waals surface area contributed by atoms with Crippen LogP contribution in [0.15, 0.2) is 24.3 Å². The summed E-state index contributed by atoms with van der Waals surface area (Å²) in [6, 6.07) is 5.14. The lowest BCUT2D eigenvalue weighted by molar-refractivity contribution is -0.134. The third-order valence-electron chi connectivity index (χ3n) is 1.95. The Kier molecular flexibility index (Phi) is 3.29. The fraction of sp³-hybridized carbons (Fsp3) is 0.182. The molecule has 0 amide bonds. The van der Waals surface area contributed by atoms with Crippen molar-refractivity contribution < 1.29 is 14.6 Å². The Morgan fingerprint density at radius 2 is 2.21 bits per heavy atom. The third kappa shape index (κ3) is 2.36. The molecule has 0 fully saturated rings. The molecular weight excluding hydrogens is 180 g/mol. The first kappa shape index (κ1) is 10.3. The van der Waals surface area contributed by atoms with E-state index >= 15 is 0 Å². The number of methoxy groups -OCH3 is 1. The molecule has 3 nitrogen and oxygen atoms in total. The summed E-state index contributed by atoms with van der Waals surface area (Å²) >= 11 is 0. The van der Waals surface area contributed by atoms with Crippen molar-refractivity contribution >= 4 is 12.0 Å². The van der Waals surface area contributed by atoms with Crippen LogP contribution < -0.4 is 0 Å². The second-order valence-corrected chi connectivity index (χ2v) is 2.85.